The maximum atomic E-state index is 5.26. The van der Waals surface area contributed by atoms with Gasteiger partial charge in [0.05, 0.1) is 0 Å². The Morgan fingerprint density at radius 1 is 1.38 bits per heavy atom. The van der Waals surface area contributed by atoms with Gasteiger partial charge in [0.15, 0.2) is 0 Å². The number of hydrogen-bond acceptors (Lipinski definition) is 3. The van der Waals surface area contributed by atoms with Gasteiger partial charge < -0.3 is 5.43 Å². The number of halogens is 1. The Bertz CT molecular complexity index is 442. The summed E-state index contributed by atoms with van der Waals surface area (Å²) < 4.78 is 1.05. The van der Waals surface area contributed by atoms with E-state index in [9.17, 15) is 0 Å². The van der Waals surface area contributed by atoms with Crippen LogP contribution in [0.2, 0.25) is 0 Å². The van der Waals surface area contributed by atoms with Gasteiger partial charge in [-0.2, -0.15) is 0 Å². The quantitative estimate of drug-likeness (QED) is 0.591. The third-order valence-corrected chi connectivity index (χ3v) is 2.55. The second kappa shape index (κ2) is 3.32. The highest BCUT2D eigenvalue weighted by Crippen LogP contribution is 2.24. The van der Waals surface area contributed by atoms with Gasteiger partial charge in [-0.1, -0.05) is 28.1 Å². The molecule has 0 spiro atoms. The number of hydrazine groups is 1. The van der Waals surface area contributed by atoms with Gasteiger partial charge in [0.1, 0.15) is 5.82 Å². The molecule has 13 heavy (non-hydrogen) atoms. The molecule has 0 amide bonds. The Hall–Kier alpha value is -1.13. The first-order chi connectivity index (χ1) is 6.31. The number of nitrogens with zero attached hydrogens (tertiary/aromatic N) is 1. The predicted octanol–water partition coefficient (Wildman–Crippen LogP) is 2.28. The third kappa shape index (κ3) is 1.50. The third-order valence-electron chi connectivity index (χ3n) is 1.86. The van der Waals surface area contributed by atoms with Crippen LogP contribution in [-0.4, -0.2) is 4.98 Å². The summed E-state index contributed by atoms with van der Waals surface area (Å²) in [6.07, 6.45) is 1.79. The van der Waals surface area contributed by atoms with Crippen LogP contribution in [0, 0.1) is 0 Å². The Balaban J connectivity index is 2.74. The van der Waals surface area contributed by atoms with Gasteiger partial charge in [-0.15, -0.1) is 0 Å². The Morgan fingerprint density at radius 2 is 2.23 bits per heavy atom. The van der Waals surface area contributed by atoms with Crippen LogP contribution in [-0.2, 0) is 0 Å². The second-order valence-corrected chi connectivity index (χ2v) is 3.53. The monoisotopic (exact) mass is 237 g/mol. The minimum absolute atomic E-state index is 0.666. The lowest BCUT2D eigenvalue weighted by Crippen LogP contribution is -2.07. The number of pyridine rings is 1. The summed E-state index contributed by atoms with van der Waals surface area (Å²) in [5, 5.41) is 2.19. The minimum atomic E-state index is 0.666. The molecule has 1 aromatic carbocycles. The molecule has 3 nitrogen and oxygen atoms in total. The summed E-state index contributed by atoms with van der Waals surface area (Å²) >= 11 is 3.46. The van der Waals surface area contributed by atoms with E-state index in [1.165, 1.54) is 0 Å². The van der Waals surface area contributed by atoms with E-state index in [4.69, 9.17) is 5.84 Å². The number of rotatable bonds is 1. The first kappa shape index (κ1) is 8.47. The zero-order valence-electron chi connectivity index (χ0n) is 6.79. The van der Waals surface area contributed by atoms with Crippen molar-refractivity contribution < 1.29 is 0 Å². The van der Waals surface area contributed by atoms with Crippen LogP contribution < -0.4 is 11.3 Å². The van der Waals surface area contributed by atoms with Crippen LogP contribution in [0.5, 0.6) is 0 Å². The molecule has 2 aromatic rings. The summed E-state index contributed by atoms with van der Waals surface area (Å²) in [7, 11) is 0. The van der Waals surface area contributed by atoms with Crippen LogP contribution in [0.4, 0.5) is 5.82 Å². The fourth-order valence-electron chi connectivity index (χ4n) is 1.21. The van der Waals surface area contributed by atoms with E-state index in [0.717, 1.165) is 15.2 Å². The summed E-state index contributed by atoms with van der Waals surface area (Å²) in [6.45, 7) is 0. The number of fused-ring (bicyclic) bond motifs is 1. The predicted molar refractivity (Wildman–Crippen MR) is 57.3 cm³/mol. The van der Waals surface area contributed by atoms with Gasteiger partial charge in [-0.25, -0.2) is 10.8 Å². The maximum absolute atomic E-state index is 5.26. The Labute approximate surface area is 84.1 Å². The molecule has 2 rings (SSSR count). The average molecular weight is 238 g/mol. The van der Waals surface area contributed by atoms with Crippen molar-refractivity contribution in [3.63, 3.8) is 0 Å². The van der Waals surface area contributed by atoms with Gasteiger partial charge in [0.2, 0.25) is 0 Å². The zero-order valence-corrected chi connectivity index (χ0v) is 8.38. The number of benzene rings is 1. The number of anilines is 1. The molecular weight excluding hydrogens is 230 g/mol. The molecule has 4 heteroatoms. The SMILES string of the molecule is NNc1cc2c(Br)cccc2cn1. The van der Waals surface area contributed by atoms with Crippen molar-refractivity contribution in [1.29, 1.82) is 0 Å². The number of aromatic nitrogens is 1. The molecule has 0 unspecified atom stereocenters. The van der Waals surface area contributed by atoms with Crippen molar-refractivity contribution in [1.82, 2.24) is 4.98 Å². The van der Waals surface area contributed by atoms with E-state index in [0.29, 0.717) is 5.82 Å². The van der Waals surface area contributed by atoms with Crippen molar-refractivity contribution in [2.24, 2.45) is 5.84 Å². The normalized spacial score (nSPS) is 10.3. The second-order valence-electron chi connectivity index (χ2n) is 2.67. The van der Waals surface area contributed by atoms with E-state index in [-0.39, 0.29) is 0 Å². The minimum Gasteiger partial charge on any atom is -0.308 e. The molecule has 66 valence electrons. The fourth-order valence-corrected chi connectivity index (χ4v) is 1.71. The van der Waals surface area contributed by atoms with Crippen molar-refractivity contribution >= 4 is 32.5 Å². The topological polar surface area (TPSA) is 50.9 Å². The van der Waals surface area contributed by atoms with E-state index in [1.807, 2.05) is 24.3 Å². The molecule has 0 radical (unpaired) electrons. The van der Waals surface area contributed by atoms with E-state index in [1.54, 1.807) is 6.20 Å². The van der Waals surface area contributed by atoms with Gasteiger partial charge in [0, 0.05) is 21.4 Å². The van der Waals surface area contributed by atoms with Crippen LogP contribution in [0.15, 0.2) is 34.9 Å². The summed E-state index contributed by atoms with van der Waals surface area (Å²) in [5.41, 5.74) is 2.51. The molecule has 0 saturated heterocycles. The van der Waals surface area contributed by atoms with Gasteiger partial charge >= 0.3 is 0 Å². The van der Waals surface area contributed by atoms with Crippen LogP contribution in [0.1, 0.15) is 0 Å². The first-order valence-corrected chi connectivity index (χ1v) is 4.61. The molecule has 1 aromatic heterocycles. The number of nitrogens with two attached hydrogens (primary N) is 1. The number of hydrogen-bond donors (Lipinski definition) is 2. The molecule has 0 fully saturated rings. The molecule has 3 N–H and O–H groups in total. The van der Waals surface area contributed by atoms with E-state index < -0.39 is 0 Å². The first-order valence-electron chi connectivity index (χ1n) is 3.82. The molecule has 0 aliphatic heterocycles. The lowest BCUT2D eigenvalue weighted by Gasteiger charge is -2.02. The van der Waals surface area contributed by atoms with Crippen molar-refractivity contribution in [2.75, 3.05) is 5.43 Å². The molecule has 0 aliphatic rings. The number of nitrogen functional groups attached to an aromatic ring is 1. The fraction of sp³-hybridized carbons (Fsp3) is 0. The van der Waals surface area contributed by atoms with Crippen LogP contribution in [0.25, 0.3) is 10.8 Å². The lowest BCUT2D eigenvalue weighted by molar-refractivity contribution is 1.24. The Morgan fingerprint density at radius 3 is 3.00 bits per heavy atom. The average Bonchev–Trinajstić information content (AvgIpc) is 2.18. The lowest BCUT2D eigenvalue weighted by atomic mass is 10.2. The molecule has 0 atom stereocenters. The van der Waals surface area contributed by atoms with Crippen molar-refractivity contribution in [3.8, 4) is 0 Å². The van der Waals surface area contributed by atoms with Crippen molar-refractivity contribution in [3.05, 3.63) is 34.9 Å². The highest BCUT2D eigenvalue weighted by molar-refractivity contribution is 9.10. The standard InChI is InChI=1S/C9H8BrN3/c10-8-3-1-2-6-5-12-9(13-11)4-7(6)8/h1-5H,11H2,(H,12,13). The molecule has 0 aliphatic carbocycles. The molecule has 0 bridgehead atoms. The smallest absolute Gasteiger partial charge is 0.140 e. The van der Waals surface area contributed by atoms with Crippen LogP contribution in [0.3, 0.4) is 0 Å². The number of nitrogens with one attached hydrogen (secondary N) is 1. The van der Waals surface area contributed by atoms with Gasteiger partial charge in [0.25, 0.3) is 0 Å². The highest BCUT2D eigenvalue weighted by Gasteiger charge is 1.99. The summed E-state index contributed by atoms with van der Waals surface area (Å²) in [6, 6.07) is 7.87. The molecule has 1 heterocycles. The van der Waals surface area contributed by atoms with E-state index in [2.05, 4.69) is 26.3 Å². The zero-order chi connectivity index (χ0) is 9.26. The highest BCUT2D eigenvalue weighted by atomic mass is 79.9. The maximum Gasteiger partial charge on any atom is 0.140 e. The van der Waals surface area contributed by atoms with E-state index >= 15 is 0 Å². The summed E-state index contributed by atoms with van der Waals surface area (Å²) in [5.74, 6) is 5.93. The largest absolute Gasteiger partial charge is 0.308 e. The van der Waals surface area contributed by atoms with Crippen molar-refractivity contribution in [2.45, 2.75) is 0 Å². The Kier molecular flexibility index (Phi) is 2.16. The molecular formula is C9H8BrN3. The van der Waals surface area contributed by atoms with Gasteiger partial charge in [-0.3, -0.25) is 0 Å². The van der Waals surface area contributed by atoms with Crippen LogP contribution >= 0.6 is 15.9 Å². The van der Waals surface area contributed by atoms with Gasteiger partial charge in [-0.05, 0) is 12.1 Å². The molecule has 0 saturated carbocycles. The summed E-state index contributed by atoms with van der Waals surface area (Å²) in [4.78, 5) is 4.11.